The first-order chi connectivity index (χ1) is 9.33. The van der Waals surface area contributed by atoms with Crippen LogP contribution in [0.1, 0.15) is 18.1 Å². The molecule has 1 heterocycles. The second kappa shape index (κ2) is 7.53. The monoisotopic (exact) mass is 294 g/mol. The molecule has 0 saturated heterocycles. The molecule has 0 radical (unpaired) electrons. The van der Waals surface area contributed by atoms with Crippen LogP contribution in [0.2, 0.25) is 0 Å². The number of benzene rings is 1. The fourth-order valence-corrected chi connectivity index (χ4v) is 3.36. The van der Waals surface area contributed by atoms with Crippen LogP contribution in [0.4, 0.5) is 0 Å². The highest BCUT2D eigenvalue weighted by Gasteiger charge is 2.06. The summed E-state index contributed by atoms with van der Waals surface area (Å²) in [6.45, 7) is 3.99. The van der Waals surface area contributed by atoms with Gasteiger partial charge in [0.05, 0.1) is 7.11 Å². The van der Waals surface area contributed by atoms with Crippen LogP contribution in [0.15, 0.2) is 34.1 Å². The molecular weight excluding hydrogens is 276 g/mol. The van der Waals surface area contributed by atoms with Crippen molar-refractivity contribution in [1.29, 1.82) is 0 Å². The highest BCUT2D eigenvalue weighted by Crippen LogP contribution is 2.29. The molecule has 0 aliphatic rings. The lowest BCUT2D eigenvalue weighted by Gasteiger charge is -2.10. The predicted octanol–water partition coefficient (Wildman–Crippen LogP) is 3.55. The van der Waals surface area contributed by atoms with Crippen LogP contribution >= 0.6 is 23.1 Å². The smallest absolute Gasteiger partial charge is 0.150 e. The first-order valence-corrected chi connectivity index (χ1v) is 8.08. The van der Waals surface area contributed by atoms with Gasteiger partial charge in [-0.2, -0.15) is 0 Å². The van der Waals surface area contributed by atoms with Crippen molar-refractivity contribution < 1.29 is 4.74 Å². The molecule has 0 unspecified atom stereocenters. The van der Waals surface area contributed by atoms with Gasteiger partial charge in [0.2, 0.25) is 0 Å². The number of thiazole rings is 1. The molecule has 3 nitrogen and oxygen atoms in total. The minimum absolute atomic E-state index is 0.886. The Morgan fingerprint density at radius 1 is 1.42 bits per heavy atom. The molecule has 2 aromatic rings. The van der Waals surface area contributed by atoms with E-state index in [-0.39, 0.29) is 0 Å². The van der Waals surface area contributed by atoms with E-state index < -0.39 is 0 Å². The van der Waals surface area contributed by atoms with E-state index in [0.29, 0.717) is 0 Å². The summed E-state index contributed by atoms with van der Waals surface area (Å²) in [4.78, 5) is 4.29. The molecule has 1 N–H and O–H groups in total. The zero-order valence-corrected chi connectivity index (χ0v) is 12.8. The molecule has 102 valence electrons. The Morgan fingerprint density at radius 2 is 2.32 bits per heavy atom. The SMILES string of the molecule is CCNCc1ccc(OC)c(CSc2nccs2)c1. The van der Waals surface area contributed by atoms with Crippen LogP contribution in [0.5, 0.6) is 5.75 Å². The van der Waals surface area contributed by atoms with Gasteiger partial charge in [-0.05, 0) is 24.2 Å². The van der Waals surface area contributed by atoms with Gasteiger partial charge in [0, 0.05) is 29.4 Å². The number of hydrogen-bond acceptors (Lipinski definition) is 5. The molecular formula is C14H18N2OS2. The topological polar surface area (TPSA) is 34.1 Å². The second-order valence-electron chi connectivity index (χ2n) is 4.01. The Kier molecular flexibility index (Phi) is 5.69. The molecule has 2 rings (SSSR count). The van der Waals surface area contributed by atoms with E-state index in [1.807, 2.05) is 17.6 Å². The number of rotatable bonds is 7. The number of thioether (sulfide) groups is 1. The third-order valence-corrected chi connectivity index (χ3v) is 4.70. The van der Waals surface area contributed by atoms with Gasteiger partial charge in [0.1, 0.15) is 10.1 Å². The van der Waals surface area contributed by atoms with Crippen molar-refractivity contribution in [3.05, 3.63) is 40.9 Å². The van der Waals surface area contributed by atoms with Crippen LogP contribution in [-0.2, 0) is 12.3 Å². The third-order valence-electron chi connectivity index (χ3n) is 2.68. The van der Waals surface area contributed by atoms with E-state index in [1.54, 1.807) is 30.2 Å². The lowest BCUT2D eigenvalue weighted by atomic mass is 10.1. The van der Waals surface area contributed by atoms with Crippen LogP contribution in [-0.4, -0.2) is 18.6 Å². The van der Waals surface area contributed by atoms with Crippen LogP contribution in [0.3, 0.4) is 0 Å². The van der Waals surface area contributed by atoms with Crippen molar-refractivity contribution in [2.24, 2.45) is 0 Å². The summed E-state index contributed by atoms with van der Waals surface area (Å²) in [5.41, 5.74) is 2.51. The number of nitrogens with one attached hydrogen (secondary N) is 1. The average Bonchev–Trinajstić information content (AvgIpc) is 2.96. The first-order valence-electron chi connectivity index (χ1n) is 6.22. The van der Waals surface area contributed by atoms with E-state index >= 15 is 0 Å². The van der Waals surface area contributed by atoms with E-state index in [4.69, 9.17) is 4.74 Å². The van der Waals surface area contributed by atoms with Gasteiger partial charge in [-0.1, -0.05) is 24.8 Å². The molecule has 0 atom stereocenters. The zero-order valence-electron chi connectivity index (χ0n) is 11.2. The summed E-state index contributed by atoms with van der Waals surface area (Å²) in [6, 6.07) is 6.37. The van der Waals surface area contributed by atoms with Crippen molar-refractivity contribution >= 4 is 23.1 Å². The summed E-state index contributed by atoms with van der Waals surface area (Å²) in [7, 11) is 1.72. The number of ether oxygens (including phenoxy) is 1. The Balaban J connectivity index is 2.07. The third kappa shape index (κ3) is 4.23. The van der Waals surface area contributed by atoms with Gasteiger partial charge in [-0.15, -0.1) is 11.3 Å². The number of nitrogens with zero attached hydrogens (tertiary/aromatic N) is 1. The molecule has 0 spiro atoms. The highest BCUT2D eigenvalue weighted by atomic mass is 32.2. The summed E-state index contributed by atoms with van der Waals surface area (Å²) in [5, 5.41) is 5.34. The molecule has 1 aromatic carbocycles. The Labute approximate surface area is 122 Å². The minimum atomic E-state index is 0.886. The van der Waals surface area contributed by atoms with Gasteiger partial charge >= 0.3 is 0 Å². The zero-order chi connectivity index (χ0) is 13.5. The number of aromatic nitrogens is 1. The maximum absolute atomic E-state index is 5.42. The fourth-order valence-electron chi connectivity index (χ4n) is 1.75. The molecule has 0 aliphatic carbocycles. The quantitative estimate of drug-likeness (QED) is 0.792. The van der Waals surface area contributed by atoms with Gasteiger partial charge in [0.15, 0.2) is 0 Å². The van der Waals surface area contributed by atoms with E-state index in [9.17, 15) is 0 Å². The van der Waals surface area contributed by atoms with Crippen LogP contribution in [0, 0.1) is 0 Å². The average molecular weight is 294 g/mol. The molecule has 0 amide bonds. The fraction of sp³-hybridized carbons (Fsp3) is 0.357. The summed E-state index contributed by atoms with van der Waals surface area (Å²) < 4.78 is 6.52. The number of methoxy groups -OCH3 is 1. The number of hydrogen-bond donors (Lipinski definition) is 1. The standard InChI is InChI=1S/C14H18N2OS2/c1-3-15-9-11-4-5-13(17-2)12(8-11)10-19-14-16-6-7-18-14/h4-8,15H,3,9-10H2,1-2H3. The first kappa shape index (κ1) is 14.4. The van der Waals surface area contributed by atoms with Crippen molar-refractivity contribution in [3.63, 3.8) is 0 Å². The van der Waals surface area contributed by atoms with Gasteiger partial charge in [-0.3, -0.25) is 0 Å². The van der Waals surface area contributed by atoms with Gasteiger partial charge < -0.3 is 10.1 Å². The summed E-state index contributed by atoms with van der Waals surface area (Å²) in [6.07, 6.45) is 1.84. The molecule has 19 heavy (non-hydrogen) atoms. The lowest BCUT2D eigenvalue weighted by molar-refractivity contribution is 0.411. The highest BCUT2D eigenvalue weighted by molar-refractivity contribution is 8.00. The van der Waals surface area contributed by atoms with Crippen molar-refractivity contribution in [1.82, 2.24) is 10.3 Å². The molecule has 0 bridgehead atoms. The molecule has 5 heteroatoms. The van der Waals surface area contributed by atoms with Crippen molar-refractivity contribution in [2.75, 3.05) is 13.7 Å². The summed E-state index contributed by atoms with van der Waals surface area (Å²) in [5.74, 6) is 1.83. The van der Waals surface area contributed by atoms with Gasteiger partial charge in [0.25, 0.3) is 0 Å². The minimum Gasteiger partial charge on any atom is -0.496 e. The maximum Gasteiger partial charge on any atom is 0.150 e. The van der Waals surface area contributed by atoms with Gasteiger partial charge in [-0.25, -0.2) is 4.98 Å². The summed E-state index contributed by atoms with van der Waals surface area (Å²) >= 11 is 3.42. The molecule has 1 aromatic heterocycles. The van der Waals surface area contributed by atoms with Crippen molar-refractivity contribution in [3.8, 4) is 5.75 Å². The largest absolute Gasteiger partial charge is 0.496 e. The Bertz CT molecular complexity index is 500. The normalized spacial score (nSPS) is 10.6. The van der Waals surface area contributed by atoms with Crippen LogP contribution in [0.25, 0.3) is 0 Å². The predicted molar refractivity (Wildman–Crippen MR) is 82.0 cm³/mol. The van der Waals surface area contributed by atoms with Crippen molar-refractivity contribution in [2.45, 2.75) is 23.6 Å². The van der Waals surface area contributed by atoms with E-state index in [1.165, 1.54) is 11.1 Å². The Hall–Kier alpha value is -1.04. The molecule has 0 fully saturated rings. The maximum atomic E-state index is 5.42. The molecule has 0 saturated carbocycles. The van der Waals surface area contributed by atoms with Crippen LogP contribution < -0.4 is 10.1 Å². The lowest BCUT2D eigenvalue weighted by Crippen LogP contribution is -2.11. The second-order valence-corrected chi connectivity index (χ2v) is 6.13. The van der Waals surface area contributed by atoms with E-state index in [2.05, 4.69) is 29.4 Å². The molecule has 0 aliphatic heterocycles. The Morgan fingerprint density at radius 3 is 3.00 bits per heavy atom. The van der Waals surface area contributed by atoms with E-state index in [0.717, 1.165) is 28.9 Å².